The molecule has 0 saturated carbocycles. The Hall–Kier alpha value is -1.65. The highest BCUT2D eigenvalue weighted by Gasteiger charge is 2.08. The van der Waals surface area contributed by atoms with Crippen LogP contribution in [0.3, 0.4) is 0 Å². The Morgan fingerprint density at radius 1 is 1.09 bits per heavy atom. The molecule has 0 heterocycles. The molecule has 0 bridgehead atoms. The lowest BCUT2D eigenvalue weighted by Gasteiger charge is -2.17. The highest BCUT2D eigenvalue weighted by atomic mass is 79.9. The molecule has 4 heteroatoms. The maximum absolute atomic E-state index is 12.0. The number of hydrogen-bond donors (Lipinski definition) is 1. The van der Waals surface area contributed by atoms with E-state index in [4.69, 9.17) is 0 Å². The van der Waals surface area contributed by atoms with Crippen LogP contribution < -0.4 is 5.32 Å². The predicted octanol–water partition coefficient (Wildman–Crippen LogP) is 3.24. The van der Waals surface area contributed by atoms with Gasteiger partial charge in [0.25, 0.3) is 0 Å². The van der Waals surface area contributed by atoms with E-state index in [1.54, 1.807) is 0 Å². The molecule has 1 N–H and O–H groups in total. The zero-order chi connectivity index (χ0) is 15.8. The standard InChI is InChI=1S/C18H21BrN2O/c1-21(13-16-9-5-6-10-17(16)19)14-18(22)20-12-11-15-7-3-2-4-8-15/h2-10H,11-14H2,1H3,(H,20,22). The maximum Gasteiger partial charge on any atom is 0.234 e. The van der Waals surface area contributed by atoms with Gasteiger partial charge < -0.3 is 5.32 Å². The molecule has 0 saturated heterocycles. The summed E-state index contributed by atoms with van der Waals surface area (Å²) in [7, 11) is 1.95. The number of carbonyl (C=O) groups is 1. The lowest BCUT2D eigenvalue weighted by atomic mass is 10.1. The topological polar surface area (TPSA) is 32.3 Å². The molecular weight excluding hydrogens is 340 g/mol. The van der Waals surface area contributed by atoms with Gasteiger partial charge in [-0.15, -0.1) is 0 Å². The van der Waals surface area contributed by atoms with E-state index in [1.165, 1.54) is 11.1 Å². The Kier molecular flexibility index (Phi) is 6.62. The molecule has 0 radical (unpaired) electrons. The van der Waals surface area contributed by atoms with Crippen molar-refractivity contribution >= 4 is 21.8 Å². The van der Waals surface area contributed by atoms with Crippen molar-refractivity contribution in [1.82, 2.24) is 10.2 Å². The molecule has 0 aliphatic carbocycles. The first-order valence-corrected chi connectivity index (χ1v) is 8.17. The molecule has 116 valence electrons. The number of nitrogens with zero attached hydrogens (tertiary/aromatic N) is 1. The van der Waals surface area contributed by atoms with Crippen LogP contribution in [0.5, 0.6) is 0 Å². The first-order chi connectivity index (χ1) is 10.6. The van der Waals surface area contributed by atoms with Crippen LogP contribution in [0.2, 0.25) is 0 Å². The summed E-state index contributed by atoms with van der Waals surface area (Å²) in [6.07, 6.45) is 0.862. The molecule has 0 aliphatic rings. The number of nitrogens with one attached hydrogen (secondary N) is 1. The van der Waals surface area contributed by atoms with Gasteiger partial charge >= 0.3 is 0 Å². The van der Waals surface area contributed by atoms with Crippen molar-refractivity contribution in [1.29, 1.82) is 0 Å². The molecule has 22 heavy (non-hydrogen) atoms. The van der Waals surface area contributed by atoms with Gasteiger partial charge in [0, 0.05) is 17.6 Å². The van der Waals surface area contributed by atoms with E-state index in [2.05, 4.69) is 39.4 Å². The van der Waals surface area contributed by atoms with Crippen molar-refractivity contribution in [2.45, 2.75) is 13.0 Å². The van der Waals surface area contributed by atoms with Gasteiger partial charge in [-0.1, -0.05) is 64.5 Å². The van der Waals surface area contributed by atoms with E-state index < -0.39 is 0 Å². The van der Waals surface area contributed by atoms with Crippen LogP contribution in [-0.4, -0.2) is 30.9 Å². The smallest absolute Gasteiger partial charge is 0.234 e. The van der Waals surface area contributed by atoms with Crippen LogP contribution in [0.15, 0.2) is 59.1 Å². The molecule has 0 fully saturated rings. The van der Waals surface area contributed by atoms with Crippen LogP contribution in [0.1, 0.15) is 11.1 Å². The summed E-state index contributed by atoms with van der Waals surface area (Å²) in [5.41, 5.74) is 2.42. The fraction of sp³-hybridized carbons (Fsp3) is 0.278. The molecule has 0 spiro atoms. The van der Waals surface area contributed by atoms with E-state index in [1.807, 2.05) is 48.3 Å². The van der Waals surface area contributed by atoms with Gasteiger partial charge in [-0.2, -0.15) is 0 Å². The summed E-state index contributed by atoms with van der Waals surface area (Å²) in [4.78, 5) is 14.0. The minimum Gasteiger partial charge on any atom is -0.355 e. The zero-order valence-corrected chi connectivity index (χ0v) is 14.3. The van der Waals surface area contributed by atoms with Gasteiger partial charge in [0.1, 0.15) is 0 Å². The molecule has 0 aliphatic heterocycles. The quantitative estimate of drug-likeness (QED) is 0.821. The first-order valence-electron chi connectivity index (χ1n) is 7.38. The minimum atomic E-state index is 0.0606. The maximum atomic E-state index is 12.0. The largest absolute Gasteiger partial charge is 0.355 e. The summed E-state index contributed by atoms with van der Waals surface area (Å²) >= 11 is 3.53. The minimum absolute atomic E-state index is 0.0606. The van der Waals surface area contributed by atoms with Gasteiger partial charge in [-0.05, 0) is 30.7 Å². The van der Waals surface area contributed by atoms with Crippen LogP contribution in [0.4, 0.5) is 0 Å². The Morgan fingerprint density at radius 2 is 1.77 bits per heavy atom. The Labute approximate surface area is 140 Å². The third kappa shape index (κ3) is 5.62. The van der Waals surface area contributed by atoms with E-state index in [0.717, 1.165) is 17.4 Å². The average molecular weight is 361 g/mol. The average Bonchev–Trinajstić information content (AvgIpc) is 2.50. The highest BCUT2D eigenvalue weighted by Crippen LogP contribution is 2.16. The Bertz CT molecular complexity index is 601. The van der Waals surface area contributed by atoms with Crippen LogP contribution in [0.25, 0.3) is 0 Å². The fourth-order valence-electron chi connectivity index (χ4n) is 2.27. The molecule has 1 amide bonds. The summed E-state index contributed by atoms with van der Waals surface area (Å²) in [6.45, 7) is 1.81. The fourth-order valence-corrected chi connectivity index (χ4v) is 2.68. The van der Waals surface area contributed by atoms with Crippen molar-refractivity contribution in [2.75, 3.05) is 20.1 Å². The van der Waals surface area contributed by atoms with E-state index in [9.17, 15) is 4.79 Å². The van der Waals surface area contributed by atoms with Gasteiger partial charge in [-0.3, -0.25) is 9.69 Å². The van der Waals surface area contributed by atoms with Gasteiger partial charge in [0.15, 0.2) is 0 Å². The second-order valence-electron chi connectivity index (χ2n) is 5.35. The van der Waals surface area contributed by atoms with E-state index in [0.29, 0.717) is 13.1 Å². The SMILES string of the molecule is CN(CC(=O)NCCc1ccccc1)Cc1ccccc1Br. The normalized spacial score (nSPS) is 10.7. The highest BCUT2D eigenvalue weighted by molar-refractivity contribution is 9.10. The van der Waals surface area contributed by atoms with Gasteiger partial charge in [0.05, 0.1) is 6.54 Å². The number of hydrogen-bond acceptors (Lipinski definition) is 2. The number of halogens is 1. The lowest BCUT2D eigenvalue weighted by molar-refractivity contribution is -0.122. The summed E-state index contributed by atoms with van der Waals surface area (Å²) in [5.74, 6) is 0.0606. The lowest BCUT2D eigenvalue weighted by Crippen LogP contribution is -2.35. The van der Waals surface area contributed by atoms with Crippen molar-refractivity contribution in [3.8, 4) is 0 Å². The molecule has 2 aromatic carbocycles. The number of benzene rings is 2. The molecular formula is C18H21BrN2O. The molecule has 0 aromatic heterocycles. The Morgan fingerprint density at radius 3 is 2.50 bits per heavy atom. The third-order valence-electron chi connectivity index (χ3n) is 3.39. The van der Waals surface area contributed by atoms with Crippen molar-refractivity contribution in [3.05, 3.63) is 70.2 Å². The summed E-state index contributed by atoms with van der Waals surface area (Å²) in [6, 6.07) is 18.3. The second-order valence-corrected chi connectivity index (χ2v) is 6.20. The second kappa shape index (κ2) is 8.71. The number of amides is 1. The van der Waals surface area contributed by atoms with Gasteiger partial charge in [0.2, 0.25) is 5.91 Å². The van der Waals surface area contributed by atoms with Crippen LogP contribution >= 0.6 is 15.9 Å². The number of likely N-dealkylation sites (N-methyl/N-ethyl adjacent to an activating group) is 1. The molecule has 2 aromatic rings. The summed E-state index contributed by atoms with van der Waals surface area (Å²) in [5, 5.41) is 2.97. The van der Waals surface area contributed by atoms with E-state index >= 15 is 0 Å². The first kappa shape index (κ1) is 16.7. The number of rotatable bonds is 7. The summed E-state index contributed by atoms with van der Waals surface area (Å²) < 4.78 is 1.08. The van der Waals surface area contributed by atoms with Crippen molar-refractivity contribution in [2.24, 2.45) is 0 Å². The zero-order valence-electron chi connectivity index (χ0n) is 12.8. The van der Waals surface area contributed by atoms with E-state index in [-0.39, 0.29) is 5.91 Å². The van der Waals surface area contributed by atoms with Crippen LogP contribution in [0, 0.1) is 0 Å². The molecule has 3 nitrogen and oxygen atoms in total. The van der Waals surface area contributed by atoms with Crippen molar-refractivity contribution < 1.29 is 4.79 Å². The molecule has 0 unspecified atom stereocenters. The molecule has 0 atom stereocenters. The van der Waals surface area contributed by atoms with Crippen molar-refractivity contribution in [3.63, 3.8) is 0 Å². The monoisotopic (exact) mass is 360 g/mol. The Balaban J connectivity index is 1.71. The van der Waals surface area contributed by atoms with Gasteiger partial charge in [-0.25, -0.2) is 0 Å². The predicted molar refractivity (Wildman–Crippen MR) is 93.6 cm³/mol. The van der Waals surface area contributed by atoms with Crippen LogP contribution in [-0.2, 0) is 17.8 Å². The third-order valence-corrected chi connectivity index (χ3v) is 4.16. The number of carbonyl (C=O) groups excluding carboxylic acids is 1. The molecule has 2 rings (SSSR count).